The molecule has 2 aliphatic carbocycles. The highest BCUT2D eigenvalue weighted by Crippen LogP contribution is 2.39. The van der Waals surface area contributed by atoms with Gasteiger partial charge in [-0.25, -0.2) is 0 Å². The summed E-state index contributed by atoms with van der Waals surface area (Å²) < 4.78 is 2.07. The molecule has 104 valence electrons. The molecule has 1 heterocycles. The van der Waals surface area contributed by atoms with Crippen LogP contribution in [0.25, 0.3) is 0 Å². The van der Waals surface area contributed by atoms with Crippen LogP contribution in [0.15, 0.2) is 5.16 Å². The number of hydrogen-bond acceptors (Lipinski definition) is 5. The number of hydrogen-bond donors (Lipinski definition) is 1. The van der Waals surface area contributed by atoms with E-state index in [0.717, 1.165) is 49.4 Å². The van der Waals surface area contributed by atoms with Gasteiger partial charge in [0.1, 0.15) is 12.4 Å². The van der Waals surface area contributed by atoms with Gasteiger partial charge in [0.15, 0.2) is 11.0 Å². The molecule has 0 bridgehead atoms. The van der Waals surface area contributed by atoms with Crippen molar-refractivity contribution in [3.8, 4) is 0 Å². The molecular weight excluding hydrogens is 262 g/mol. The van der Waals surface area contributed by atoms with Gasteiger partial charge >= 0.3 is 0 Å². The highest BCUT2D eigenvalue weighted by atomic mass is 32.2. The summed E-state index contributed by atoms with van der Waals surface area (Å²) in [5, 5.41) is 18.4. The summed E-state index contributed by atoms with van der Waals surface area (Å²) in [5.41, 5.74) is 0. The Labute approximate surface area is 116 Å². The highest BCUT2D eigenvalue weighted by molar-refractivity contribution is 7.99. The molecule has 2 saturated carbocycles. The van der Waals surface area contributed by atoms with Crippen LogP contribution in [0.2, 0.25) is 0 Å². The maximum absolute atomic E-state index is 11.6. The monoisotopic (exact) mass is 281 g/mol. The molecule has 0 saturated heterocycles. The third-order valence-electron chi connectivity index (χ3n) is 3.92. The van der Waals surface area contributed by atoms with E-state index in [4.69, 9.17) is 0 Å². The Morgan fingerprint density at radius 1 is 1.32 bits per heavy atom. The second-order valence-corrected chi connectivity index (χ2v) is 6.41. The van der Waals surface area contributed by atoms with Crippen molar-refractivity contribution in [2.24, 2.45) is 5.92 Å². The molecule has 1 aromatic rings. The minimum absolute atomic E-state index is 0.0504. The largest absolute Gasteiger partial charge is 0.388 e. The summed E-state index contributed by atoms with van der Waals surface area (Å²) in [6.07, 6.45) is 6.12. The van der Waals surface area contributed by atoms with Crippen LogP contribution in [0.1, 0.15) is 50.4 Å². The zero-order valence-electron chi connectivity index (χ0n) is 10.9. The molecule has 0 radical (unpaired) electrons. The summed E-state index contributed by atoms with van der Waals surface area (Å²) >= 11 is 1.67. The topological polar surface area (TPSA) is 68.0 Å². The molecule has 0 spiro atoms. The number of ketones is 1. The molecule has 1 unspecified atom stereocenters. The standard InChI is InChI=1S/C13H19N3O2S/c17-8-12-14-15-13(16(12)10-4-5-10)19-7-6-9-2-1-3-11(9)18/h9-10,17H,1-8H2. The van der Waals surface area contributed by atoms with Crippen molar-refractivity contribution in [1.82, 2.24) is 14.8 Å². The summed E-state index contributed by atoms with van der Waals surface area (Å²) in [7, 11) is 0. The summed E-state index contributed by atoms with van der Waals surface area (Å²) in [5.74, 6) is 2.27. The van der Waals surface area contributed by atoms with E-state index in [2.05, 4.69) is 14.8 Å². The van der Waals surface area contributed by atoms with E-state index < -0.39 is 0 Å². The maximum atomic E-state index is 11.6. The molecule has 0 aliphatic heterocycles. The van der Waals surface area contributed by atoms with Crippen LogP contribution < -0.4 is 0 Å². The Balaban J connectivity index is 1.57. The highest BCUT2D eigenvalue weighted by Gasteiger charge is 2.29. The van der Waals surface area contributed by atoms with Gasteiger partial charge in [0.05, 0.1) is 0 Å². The Hall–Kier alpha value is -0.880. The molecule has 2 fully saturated rings. The van der Waals surface area contributed by atoms with Gasteiger partial charge in [-0.05, 0) is 32.1 Å². The van der Waals surface area contributed by atoms with Gasteiger partial charge in [-0.3, -0.25) is 4.79 Å². The first-order chi connectivity index (χ1) is 9.29. The van der Waals surface area contributed by atoms with E-state index in [1.165, 1.54) is 0 Å². The van der Waals surface area contributed by atoms with E-state index in [-0.39, 0.29) is 12.5 Å². The lowest BCUT2D eigenvalue weighted by molar-refractivity contribution is -0.120. The van der Waals surface area contributed by atoms with Crippen LogP contribution in [0, 0.1) is 5.92 Å². The van der Waals surface area contributed by atoms with Gasteiger partial charge in [-0.1, -0.05) is 11.8 Å². The average molecular weight is 281 g/mol. The molecule has 0 aromatic carbocycles. The lowest BCUT2D eigenvalue weighted by atomic mass is 10.1. The zero-order chi connectivity index (χ0) is 13.2. The number of Topliss-reactive ketones (excluding diaryl/α,β-unsaturated/α-hetero) is 1. The van der Waals surface area contributed by atoms with E-state index in [1.54, 1.807) is 11.8 Å². The predicted octanol–water partition coefficient (Wildman–Crippen LogP) is 1.96. The Bertz CT molecular complexity index is 470. The van der Waals surface area contributed by atoms with Crippen LogP contribution in [0.3, 0.4) is 0 Å². The van der Waals surface area contributed by atoms with E-state index >= 15 is 0 Å². The normalized spacial score (nSPS) is 23.2. The number of aromatic nitrogens is 3. The van der Waals surface area contributed by atoms with Gasteiger partial charge in [-0.2, -0.15) is 0 Å². The van der Waals surface area contributed by atoms with Gasteiger partial charge in [0.2, 0.25) is 0 Å². The van der Waals surface area contributed by atoms with Crippen molar-refractivity contribution in [3.05, 3.63) is 5.82 Å². The quantitative estimate of drug-likeness (QED) is 0.807. The first-order valence-corrected chi connectivity index (χ1v) is 7.98. The van der Waals surface area contributed by atoms with Gasteiger partial charge < -0.3 is 9.67 Å². The van der Waals surface area contributed by atoms with Crippen molar-refractivity contribution in [1.29, 1.82) is 0 Å². The summed E-state index contributed by atoms with van der Waals surface area (Å²) in [6, 6.07) is 0.479. The molecule has 1 N–H and O–H groups in total. The van der Waals surface area contributed by atoms with Crippen molar-refractivity contribution in [2.75, 3.05) is 5.75 Å². The van der Waals surface area contributed by atoms with Gasteiger partial charge in [-0.15, -0.1) is 10.2 Å². The Morgan fingerprint density at radius 3 is 2.79 bits per heavy atom. The molecule has 5 nitrogen and oxygen atoms in total. The van der Waals surface area contributed by atoms with E-state index in [0.29, 0.717) is 17.6 Å². The lowest BCUT2D eigenvalue weighted by Gasteiger charge is -2.09. The first kappa shape index (κ1) is 13.1. The van der Waals surface area contributed by atoms with E-state index in [1.807, 2.05) is 0 Å². The number of aliphatic hydroxyl groups is 1. The van der Waals surface area contributed by atoms with Crippen LogP contribution in [-0.4, -0.2) is 31.4 Å². The third kappa shape index (κ3) is 2.84. The van der Waals surface area contributed by atoms with Crippen molar-refractivity contribution < 1.29 is 9.90 Å². The van der Waals surface area contributed by atoms with Crippen molar-refractivity contribution in [3.63, 3.8) is 0 Å². The smallest absolute Gasteiger partial charge is 0.191 e. The minimum Gasteiger partial charge on any atom is -0.388 e. The first-order valence-electron chi connectivity index (χ1n) is 6.99. The van der Waals surface area contributed by atoms with Crippen LogP contribution in [0.5, 0.6) is 0 Å². The molecular formula is C13H19N3O2S. The lowest BCUT2D eigenvalue weighted by Crippen LogP contribution is -2.08. The second-order valence-electron chi connectivity index (χ2n) is 5.35. The maximum Gasteiger partial charge on any atom is 0.191 e. The number of nitrogens with zero attached hydrogens (tertiary/aromatic N) is 3. The molecule has 19 heavy (non-hydrogen) atoms. The average Bonchev–Trinajstić information content (AvgIpc) is 3.05. The fourth-order valence-electron chi connectivity index (χ4n) is 2.70. The Kier molecular flexibility index (Phi) is 3.88. The fraction of sp³-hybridized carbons (Fsp3) is 0.769. The van der Waals surface area contributed by atoms with Gasteiger partial charge in [0.25, 0.3) is 0 Å². The number of rotatable bonds is 6. The van der Waals surface area contributed by atoms with Crippen LogP contribution >= 0.6 is 11.8 Å². The molecule has 1 aromatic heterocycles. The second kappa shape index (κ2) is 5.63. The van der Waals surface area contributed by atoms with Crippen LogP contribution in [-0.2, 0) is 11.4 Å². The number of carbonyl (C=O) groups is 1. The van der Waals surface area contributed by atoms with Gasteiger partial charge in [0, 0.05) is 24.1 Å². The molecule has 0 amide bonds. The molecule has 6 heteroatoms. The van der Waals surface area contributed by atoms with Crippen molar-refractivity contribution in [2.45, 2.75) is 56.3 Å². The van der Waals surface area contributed by atoms with E-state index in [9.17, 15) is 9.90 Å². The van der Waals surface area contributed by atoms with Crippen LogP contribution in [0.4, 0.5) is 0 Å². The zero-order valence-corrected chi connectivity index (χ0v) is 11.7. The van der Waals surface area contributed by atoms with Crippen molar-refractivity contribution >= 4 is 17.5 Å². The number of aliphatic hydroxyl groups excluding tert-OH is 1. The predicted molar refractivity (Wildman–Crippen MR) is 71.9 cm³/mol. The number of carbonyl (C=O) groups excluding carboxylic acids is 1. The SMILES string of the molecule is O=C1CCCC1CCSc1nnc(CO)n1C1CC1. The fourth-order valence-corrected chi connectivity index (χ4v) is 3.78. The third-order valence-corrected chi connectivity index (χ3v) is 4.89. The number of thioether (sulfide) groups is 1. The molecule has 2 aliphatic rings. The summed E-state index contributed by atoms with van der Waals surface area (Å²) in [4.78, 5) is 11.6. The minimum atomic E-state index is -0.0504. The molecule has 1 atom stereocenters. The summed E-state index contributed by atoms with van der Waals surface area (Å²) in [6.45, 7) is -0.0504. The molecule has 3 rings (SSSR count). The Morgan fingerprint density at radius 2 is 2.16 bits per heavy atom.